The van der Waals surface area contributed by atoms with Crippen LogP contribution in [0.15, 0.2) is 72.8 Å². The lowest BCUT2D eigenvalue weighted by Crippen LogP contribution is -2.40. The second-order valence-corrected chi connectivity index (χ2v) is 7.02. The Bertz CT molecular complexity index is 1120. The predicted molar refractivity (Wildman–Crippen MR) is 116 cm³/mol. The second kappa shape index (κ2) is 8.71. The van der Waals surface area contributed by atoms with Crippen LogP contribution < -0.4 is 20.1 Å². The lowest BCUT2D eigenvalue weighted by molar-refractivity contribution is -0.125. The minimum absolute atomic E-state index is 0.0371. The molecule has 1 aliphatic heterocycles. The fraction of sp³-hybridized carbons (Fsp3) is 0.125. The number of ketones is 1. The van der Waals surface area contributed by atoms with Crippen molar-refractivity contribution in [3.05, 3.63) is 83.9 Å². The molecule has 0 bridgehead atoms. The smallest absolute Gasteiger partial charge is 0.269 e. The molecule has 1 atom stereocenters. The van der Waals surface area contributed by atoms with Gasteiger partial charge in [-0.05, 0) is 67.6 Å². The molecule has 0 aromatic heterocycles. The lowest BCUT2D eigenvalue weighted by Gasteiger charge is -2.25. The van der Waals surface area contributed by atoms with Crippen LogP contribution in [0.1, 0.15) is 27.6 Å². The molecule has 1 heterocycles. The van der Waals surface area contributed by atoms with Gasteiger partial charge in [0.2, 0.25) is 6.10 Å². The number of carbonyl (C=O) groups is 3. The third kappa shape index (κ3) is 4.72. The predicted octanol–water partition coefficient (Wildman–Crippen LogP) is 3.92. The van der Waals surface area contributed by atoms with E-state index in [9.17, 15) is 14.4 Å². The van der Waals surface area contributed by atoms with Crippen LogP contribution in [-0.2, 0) is 4.79 Å². The maximum absolute atomic E-state index is 12.5. The van der Waals surface area contributed by atoms with Gasteiger partial charge in [-0.3, -0.25) is 14.4 Å². The molecule has 0 saturated heterocycles. The van der Waals surface area contributed by atoms with E-state index in [2.05, 4.69) is 10.6 Å². The van der Waals surface area contributed by atoms with Gasteiger partial charge >= 0.3 is 0 Å². The number of carbonyl (C=O) groups excluding carboxylic acids is 3. The van der Waals surface area contributed by atoms with Crippen LogP contribution in [0, 0.1) is 0 Å². The molecule has 0 spiro atoms. The fourth-order valence-corrected chi connectivity index (χ4v) is 3.07. The fourth-order valence-electron chi connectivity index (χ4n) is 3.07. The summed E-state index contributed by atoms with van der Waals surface area (Å²) in [5.74, 6) is 0.464. The summed E-state index contributed by atoms with van der Waals surface area (Å²) < 4.78 is 11.3. The molecular formula is C24H20N2O5. The van der Waals surface area contributed by atoms with Crippen molar-refractivity contribution in [2.24, 2.45) is 0 Å². The molecule has 31 heavy (non-hydrogen) atoms. The minimum Gasteiger partial charge on any atom is -0.485 e. The van der Waals surface area contributed by atoms with E-state index >= 15 is 0 Å². The van der Waals surface area contributed by atoms with Gasteiger partial charge in [0.05, 0.1) is 0 Å². The number of nitrogens with one attached hydrogen (secondary N) is 2. The maximum atomic E-state index is 12.5. The zero-order chi connectivity index (χ0) is 21.8. The second-order valence-electron chi connectivity index (χ2n) is 7.02. The average Bonchev–Trinajstić information content (AvgIpc) is 2.79. The van der Waals surface area contributed by atoms with Crippen molar-refractivity contribution < 1.29 is 23.9 Å². The molecule has 3 aromatic rings. The third-order valence-electron chi connectivity index (χ3n) is 4.76. The van der Waals surface area contributed by atoms with E-state index < -0.39 is 6.10 Å². The first-order valence-electron chi connectivity index (χ1n) is 9.71. The largest absolute Gasteiger partial charge is 0.485 e. The van der Waals surface area contributed by atoms with Crippen LogP contribution in [0.2, 0.25) is 0 Å². The Morgan fingerprint density at radius 1 is 0.774 bits per heavy atom. The minimum atomic E-state index is -0.768. The number of benzene rings is 3. The van der Waals surface area contributed by atoms with Crippen LogP contribution in [0.3, 0.4) is 0 Å². The molecule has 0 unspecified atom stereocenters. The van der Waals surface area contributed by atoms with Crippen molar-refractivity contribution in [2.75, 3.05) is 17.2 Å². The molecule has 2 N–H and O–H groups in total. The van der Waals surface area contributed by atoms with Crippen molar-refractivity contribution in [3.8, 4) is 11.5 Å². The highest BCUT2D eigenvalue weighted by atomic mass is 16.6. The molecule has 0 radical (unpaired) electrons. The Morgan fingerprint density at radius 3 is 2.00 bits per heavy atom. The standard InChI is InChI=1S/C24H20N2O5/c1-15(27)16-6-10-18(11-7-16)25-23(28)17-8-12-19(13-9-17)26-24(29)22-14-30-20-4-2-3-5-21(20)31-22/h2-13,22H,14H2,1H3,(H,25,28)(H,26,29)/t22-/m0/s1. The number of fused-ring (bicyclic) bond motifs is 1. The first kappa shape index (κ1) is 20.2. The van der Waals surface area contributed by atoms with Crippen molar-refractivity contribution in [1.29, 1.82) is 0 Å². The number of hydrogen-bond acceptors (Lipinski definition) is 5. The van der Waals surface area contributed by atoms with E-state index in [1.54, 1.807) is 60.7 Å². The quantitative estimate of drug-likeness (QED) is 0.615. The molecule has 3 aromatic carbocycles. The van der Waals surface area contributed by atoms with Crippen LogP contribution in [-0.4, -0.2) is 30.3 Å². The van der Waals surface area contributed by atoms with Gasteiger partial charge in [0.25, 0.3) is 11.8 Å². The zero-order valence-electron chi connectivity index (χ0n) is 16.8. The van der Waals surface area contributed by atoms with Crippen molar-refractivity contribution >= 4 is 29.0 Å². The number of anilines is 2. The van der Waals surface area contributed by atoms with Gasteiger partial charge in [-0.15, -0.1) is 0 Å². The molecule has 4 rings (SSSR count). The maximum Gasteiger partial charge on any atom is 0.269 e. The summed E-state index contributed by atoms with van der Waals surface area (Å²) >= 11 is 0. The number of hydrogen-bond donors (Lipinski definition) is 2. The lowest BCUT2D eigenvalue weighted by atomic mass is 10.1. The Kier molecular flexibility index (Phi) is 5.66. The van der Waals surface area contributed by atoms with E-state index in [0.717, 1.165) is 0 Å². The summed E-state index contributed by atoms with van der Waals surface area (Å²) in [6.07, 6.45) is -0.768. The van der Waals surface area contributed by atoms with E-state index in [-0.39, 0.29) is 24.2 Å². The molecular weight excluding hydrogens is 396 g/mol. The number of para-hydroxylation sites is 2. The van der Waals surface area contributed by atoms with Crippen LogP contribution >= 0.6 is 0 Å². The highest BCUT2D eigenvalue weighted by Gasteiger charge is 2.27. The van der Waals surface area contributed by atoms with Crippen LogP contribution in [0.5, 0.6) is 11.5 Å². The van der Waals surface area contributed by atoms with E-state index in [1.165, 1.54) is 6.92 Å². The Labute approximate surface area is 179 Å². The molecule has 0 fully saturated rings. The van der Waals surface area contributed by atoms with Crippen molar-refractivity contribution in [2.45, 2.75) is 13.0 Å². The third-order valence-corrected chi connectivity index (χ3v) is 4.76. The van der Waals surface area contributed by atoms with Gasteiger partial charge < -0.3 is 20.1 Å². The van der Waals surface area contributed by atoms with Gasteiger partial charge in [0.1, 0.15) is 6.61 Å². The number of amides is 2. The Hall–Kier alpha value is -4.13. The monoisotopic (exact) mass is 416 g/mol. The van der Waals surface area contributed by atoms with Gasteiger partial charge in [-0.25, -0.2) is 0 Å². The topological polar surface area (TPSA) is 93.7 Å². The number of Topliss-reactive ketones (excluding diaryl/α,β-unsaturated/α-hetero) is 1. The highest BCUT2D eigenvalue weighted by Crippen LogP contribution is 2.31. The molecule has 0 aliphatic carbocycles. The summed E-state index contributed by atoms with van der Waals surface area (Å²) in [5.41, 5.74) is 2.13. The molecule has 1 aliphatic rings. The molecule has 2 amide bonds. The van der Waals surface area contributed by atoms with Crippen LogP contribution in [0.25, 0.3) is 0 Å². The van der Waals surface area contributed by atoms with Crippen molar-refractivity contribution in [3.63, 3.8) is 0 Å². The van der Waals surface area contributed by atoms with Gasteiger partial charge in [-0.1, -0.05) is 12.1 Å². The summed E-state index contributed by atoms with van der Waals surface area (Å²) in [7, 11) is 0. The van der Waals surface area contributed by atoms with Gasteiger partial charge in [0, 0.05) is 22.5 Å². The summed E-state index contributed by atoms with van der Waals surface area (Å²) in [5, 5.41) is 5.54. The zero-order valence-corrected chi connectivity index (χ0v) is 16.8. The van der Waals surface area contributed by atoms with Crippen LogP contribution in [0.4, 0.5) is 11.4 Å². The van der Waals surface area contributed by atoms with Gasteiger partial charge in [-0.2, -0.15) is 0 Å². The number of ether oxygens (including phenoxy) is 2. The van der Waals surface area contributed by atoms with E-state index in [0.29, 0.717) is 34.0 Å². The molecule has 7 heteroatoms. The van der Waals surface area contributed by atoms with E-state index in [4.69, 9.17) is 9.47 Å². The van der Waals surface area contributed by atoms with Crippen molar-refractivity contribution in [1.82, 2.24) is 0 Å². The number of rotatable bonds is 5. The van der Waals surface area contributed by atoms with Gasteiger partial charge in [0.15, 0.2) is 17.3 Å². The molecule has 156 valence electrons. The van der Waals surface area contributed by atoms with E-state index in [1.807, 2.05) is 12.1 Å². The Morgan fingerprint density at radius 2 is 1.35 bits per heavy atom. The molecule has 0 saturated carbocycles. The SMILES string of the molecule is CC(=O)c1ccc(NC(=O)c2ccc(NC(=O)[C@@H]3COc4ccccc4O3)cc2)cc1. The highest BCUT2D eigenvalue weighted by molar-refractivity contribution is 6.05. The average molecular weight is 416 g/mol. The first-order valence-corrected chi connectivity index (χ1v) is 9.71. The first-order chi connectivity index (χ1) is 15.0. The Balaban J connectivity index is 1.35. The summed E-state index contributed by atoms with van der Waals surface area (Å²) in [4.78, 5) is 36.3. The summed E-state index contributed by atoms with van der Waals surface area (Å²) in [6, 6.07) is 20.4. The molecule has 7 nitrogen and oxygen atoms in total. The summed E-state index contributed by atoms with van der Waals surface area (Å²) in [6.45, 7) is 1.60. The normalized spacial score (nSPS) is 14.4.